The van der Waals surface area contributed by atoms with E-state index >= 15 is 0 Å². The zero-order chi connectivity index (χ0) is 12.8. The molecule has 17 heavy (non-hydrogen) atoms. The van der Waals surface area contributed by atoms with Gasteiger partial charge in [0.25, 0.3) is 0 Å². The lowest BCUT2D eigenvalue weighted by molar-refractivity contribution is -0.135. The van der Waals surface area contributed by atoms with Crippen LogP contribution in [0.5, 0.6) is 0 Å². The molecule has 0 radical (unpaired) electrons. The van der Waals surface area contributed by atoms with Crippen molar-refractivity contribution in [1.82, 2.24) is 15.1 Å². The molecule has 1 aliphatic rings. The van der Waals surface area contributed by atoms with Crippen molar-refractivity contribution in [2.24, 2.45) is 5.92 Å². The predicted molar refractivity (Wildman–Crippen MR) is 71.0 cm³/mol. The molecule has 2 unspecified atom stereocenters. The molecule has 0 aromatic carbocycles. The van der Waals surface area contributed by atoms with Gasteiger partial charge in [0.05, 0.1) is 0 Å². The maximum atomic E-state index is 12.1. The number of hydrogen-bond donors (Lipinski definition) is 1. The predicted octanol–water partition coefficient (Wildman–Crippen LogP) is 0.785. The van der Waals surface area contributed by atoms with Crippen molar-refractivity contribution in [2.45, 2.75) is 32.7 Å². The summed E-state index contributed by atoms with van der Waals surface area (Å²) in [6, 6.07) is 0.0260. The molecular weight excluding hydrogens is 214 g/mol. The number of nitrogens with zero attached hydrogens (tertiary/aromatic N) is 2. The van der Waals surface area contributed by atoms with Gasteiger partial charge >= 0.3 is 0 Å². The summed E-state index contributed by atoms with van der Waals surface area (Å²) in [7, 11) is 3.68. The van der Waals surface area contributed by atoms with E-state index in [4.69, 9.17) is 0 Å². The molecule has 0 aliphatic carbocycles. The second kappa shape index (κ2) is 6.97. The van der Waals surface area contributed by atoms with Crippen LogP contribution in [0.4, 0.5) is 0 Å². The molecule has 1 saturated heterocycles. The van der Waals surface area contributed by atoms with E-state index in [0.29, 0.717) is 5.92 Å². The molecule has 4 nitrogen and oxygen atoms in total. The van der Waals surface area contributed by atoms with Gasteiger partial charge in [-0.05, 0) is 12.3 Å². The molecular formula is C13H27N3O. The van der Waals surface area contributed by atoms with Gasteiger partial charge in [0.1, 0.15) is 6.04 Å². The molecule has 1 rings (SSSR count). The summed E-state index contributed by atoms with van der Waals surface area (Å²) in [6.45, 7) is 8.31. The third-order valence-corrected chi connectivity index (χ3v) is 3.41. The van der Waals surface area contributed by atoms with Crippen LogP contribution >= 0.6 is 0 Å². The summed E-state index contributed by atoms with van der Waals surface area (Å²) in [5.74, 6) is 0.900. The van der Waals surface area contributed by atoms with Gasteiger partial charge in [-0.1, -0.05) is 20.3 Å². The van der Waals surface area contributed by atoms with Gasteiger partial charge in [0.15, 0.2) is 0 Å². The smallest absolute Gasteiger partial charge is 0.240 e. The Bertz CT molecular complexity index is 243. The summed E-state index contributed by atoms with van der Waals surface area (Å²) in [6.07, 6.45) is 2.46. The van der Waals surface area contributed by atoms with Crippen LogP contribution in [0.2, 0.25) is 0 Å². The average molecular weight is 241 g/mol. The Balaban J connectivity index is 2.56. The molecule has 2 atom stereocenters. The van der Waals surface area contributed by atoms with Gasteiger partial charge in [0, 0.05) is 40.3 Å². The van der Waals surface area contributed by atoms with Crippen LogP contribution in [0.15, 0.2) is 0 Å². The molecule has 0 aromatic rings. The molecule has 1 fully saturated rings. The molecule has 100 valence electrons. The monoisotopic (exact) mass is 241 g/mol. The van der Waals surface area contributed by atoms with Gasteiger partial charge < -0.3 is 10.2 Å². The second-order valence-electron chi connectivity index (χ2n) is 5.34. The van der Waals surface area contributed by atoms with E-state index in [9.17, 15) is 4.79 Å². The fraction of sp³-hybridized carbons (Fsp3) is 0.923. The van der Waals surface area contributed by atoms with Crippen LogP contribution in [0.1, 0.15) is 26.7 Å². The molecule has 1 heterocycles. The van der Waals surface area contributed by atoms with E-state index in [2.05, 4.69) is 24.1 Å². The minimum absolute atomic E-state index is 0.0260. The van der Waals surface area contributed by atoms with Crippen LogP contribution < -0.4 is 5.32 Å². The highest BCUT2D eigenvalue weighted by Crippen LogP contribution is 2.12. The fourth-order valence-corrected chi connectivity index (χ4v) is 2.49. The Morgan fingerprint density at radius 1 is 1.53 bits per heavy atom. The summed E-state index contributed by atoms with van der Waals surface area (Å²) in [5.41, 5.74) is 0. The molecule has 1 aliphatic heterocycles. The number of nitrogens with one attached hydrogen (secondary N) is 1. The van der Waals surface area contributed by atoms with Crippen molar-refractivity contribution in [3.8, 4) is 0 Å². The molecule has 1 amide bonds. The van der Waals surface area contributed by atoms with Crippen LogP contribution in [-0.4, -0.2) is 62.0 Å². The number of hydrogen-bond acceptors (Lipinski definition) is 3. The standard InChI is InChI=1S/C13H27N3O/c1-5-6-11(2)10-16-8-7-14-9-12(16)13(17)15(3)4/h11-12,14H,5-10H2,1-4H3. The Labute approximate surface area is 105 Å². The normalized spacial score (nSPS) is 23.4. The van der Waals surface area contributed by atoms with Gasteiger partial charge in [0.2, 0.25) is 5.91 Å². The third-order valence-electron chi connectivity index (χ3n) is 3.41. The van der Waals surface area contributed by atoms with Gasteiger partial charge in [-0.3, -0.25) is 9.69 Å². The van der Waals surface area contributed by atoms with Crippen molar-refractivity contribution < 1.29 is 4.79 Å². The van der Waals surface area contributed by atoms with E-state index in [1.807, 2.05) is 14.1 Å². The Morgan fingerprint density at radius 3 is 2.82 bits per heavy atom. The topological polar surface area (TPSA) is 35.6 Å². The minimum atomic E-state index is 0.0260. The Morgan fingerprint density at radius 2 is 2.24 bits per heavy atom. The molecule has 1 N–H and O–H groups in total. The summed E-state index contributed by atoms with van der Waals surface area (Å²) < 4.78 is 0. The van der Waals surface area contributed by atoms with Crippen LogP contribution in [0.3, 0.4) is 0 Å². The average Bonchev–Trinajstić information content (AvgIpc) is 2.29. The van der Waals surface area contributed by atoms with Crippen LogP contribution in [-0.2, 0) is 4.79 Å². The van der Waals surface area contributed by atoms with Crippen LogP contribution in [0.25, 0.3) is 0 Å². The van der Waals surface area contributed by atoms with Crippen molar-refractivity contribution in [1.29, 1.82) is 0 Å². The number of piperazine rings is 1. The van der Waals surface area contributed by atoms with Crippen molar-refractivity contribution in [3.63, 3.8) is 0 Å². The number of rotatable bonds is 5. The van der Waals surface area contributed by atoms with E-state index in [0.717, 1.165) is 26.2 Å². The third kappa shape index (κ3) is 4.28. The largest absolute Gasteiger partial charge is 0.347 e. The van der Waals surface area contributed by atoms with Crippen molar-refractivity contribution in [3.05, 3.63) is 0 Å². The number of likely N-dealkylation sites (N-methyl/N-ethyl adjacent to an activating group) is 1. The first-order chi connectivity index (χ1) is 8.06. The van der Waals surface area contributed by atoms with Crippen LogP contribution in [0, 0.1) is 5.92 Å². The molecule has 0 bridgehead atoms. The quantitative estimate of drug-likeness (QED) is 0.773. The maximum absolute atomic E-state index is 12.1. The summed E-state index contributed by atoms with van der Waals surface area (Å²) >= 11 is 0. The Hall–Kier alpha value is -0.610. The lowest BCUT2D eigenvalue weighted by Gasteiger charge is -2.37. The zero-order valence-electron chi connectivity index (χ0n) is 11.7. The SMILES string of the molecule is CCCC(C)CN1CCNCC1C(=O)N(C)C. The summed E-state index contributed by atoms with van der Waals surface area (Å²) in [4.78, 5) is 16.1. The maximum Gasteiger partial charge on any atom is 0.240 e. The highest BCUT2D eigenvalue weighted by atomic mass is 16.2. The number of amides is 1. The highest BCUT2D eigenvalue weighted by molar-refractivity contribution is 5.81. The van der Waals surface area contributed by atoms with E-state index in [-0.39, 0.29) is 11.9 Å². The summed E-state index contributed by atoms with van der Waals surface area (Å²) in [5, 5.41) is 3.32. The van der Waals surface area contributed by atoms with Gasteiger partial charge in [-0.25, -0.2) is 0 Å². The lowest BCUT2D eigenvalue weighted by Crippen LogP contribution is -2.58. The van der Waals surface area contributed by atoms with Gasteiger partial charge in [-0.15, -0.1) is 0 Å². The fourth-order valence-electron chi connectivity index (χ4n) is 2.49. The molecule has 0 aromatic heterocycles. The highest BCUT2D eigenvalue weighted by Gasteiger charge is 2.30. The van der Waals surface area contributed by atoms with Crippen molar-refractivity contribution >= 4 is 5.91 Å². The van der Waals surface area contributed by atoms with E-state index in [1.165, 1.54) is 12.8 Å². The first kappa shape index (κ1) is 14.5. The van der Waals surface area contributed by atoms with E-state index in [1.54, 1.807) is 4.90 Å². The van der Waals surface area contributed by atoms with E-state index < -0.39 is 0 Å². The second-order valence-corrected chi connectivity index (χ2v) is 5.34. The molecule has 0 spiro atoms. The number of carbonyl (C=O) groups excluding carboxylic acids is 1. The molecule has 0 saturated carbocycles. The van der Waals surface area contributed by atoms with Gasteiger partial charge in [-0.2, -0.15) is 0 Å². The molecule has 4 heteroatoms. The zero-order valence-corrected chi connectivity index (χ0v) is 11.7. The number of carbonyl (C=O) groups is 1. The first-order valence-corrected chi connectivity index (χ1v) is 6.72. The Kier molecular flexibility index (Phi) is 5.92. The first-order valence-electron chi connectivity index (χ1n) is 6.72. The lowest BCUT2D eigenvalue weighted by atomic mass is 10.0. The van der Waals surface area contributed by atoms with Crippen molar-refractivity contribution in [2.75, 3.05) is 40.3 Å². The minimum Gasteiger partial charge on any atom is -0.347 e.